The van der Waals surface area contributed by atoms with Crippen LogP contribution in [0.4, 0.5) is 0 Å². The van der Waals surface area contributed by atoms with Crippen molar-refractivity contribution in [2.45, 2.75) is 250 Å². The van der Waals surface area contributed by atoms with Gasteiger partial charge in [-0.2, -0.15) is 0 Å². The van der Waals surface area contributed by atoms with Crippen molar-refractivity contribution in [1.82, 2.24) is 0 Å². The SMILES string of the molecule is CC/C=C\C/C=C\C/C=C\C/C=C\C/C=C\C/C=C\CCC(=O)OC1C(OCC(COC(=O)CCCCCCCCCCC/C=C\C/C=C\CCCCC)OC(=O)CC/C=C\C/C=C\C/C=C\C/C=C\CC)OC(C(=O)O)C(O)C1O. The van der Waals surface area contributed by atoms with E-state index in [1.54, 1.807) is 0 Å². The zero-order chi connectivity index (χ0) is 58.9. The number of carboxylic acids is 1. The summed E-state index contributed by atoms with van der Waals surface area (Å²) >= 11 is 0. The molecule has 6 atom stereocenters. The van der Waals surface area contributed by atoms with E-state index in [9.17, 15) is 34.5 Å². The molecule has 81 heavy (non-hydrogen) atoms. The van der Waals surface area contributed by atoms with Crippen molar-refractivity contribution in [3.63, 3.8) is 0 Å². The first-order valence-corrected chi connectivity index (χ1v) is 30.8. The summed E-state index contributed by atoms with van der Waals surface area (Å²) in [5.74, 6) is -3.37. The molecule has 0 saturated carbocycles. The van der Waals surface area contributed by atoms with E-state index in [1.807, 2.05) is 30.4 Å². The molecule has 454 valence electrons. The van der Waals surface area contributed by atoms with Crippen molar-refractivity contribution in [1.29, 1.82) is 0 Å². The van der Waals surface area contributed by atoms with Gasteiger partial charge in [-0.05, 0) is 116 Å². The average molecular weight is 1130 g/mol. The minimum atomic E-state index is -1.95. The first kappa shape index (κ1) is 73.6. The number of carbonyl (C=O) groups is 4. The Morgan fingerprint density at radius 2 is 0.802 bits per heavy atom. The Balaban J connectivity index is 2.74. The number of aliphatic hydroxyl groups is 2. The highest BCUT2D eigenvalue weighted by Gasteiger charge is 2.50. The molecule has 1 saturated heterocycles. The fraction of sp³-hybridized carbons (Fsp3) is 0.594. The van der Waals surface area contributed by atoms with Crippen molar-refractivity contribution in [3.8, 4) is 0 Å². The molecular weight excluding hydrogens is 1020 g/mol. The van der Waals surface area contributed by atoms with Crippen molar-refractivity contribution >= 4 is 23.9 Å². The second kappa shape index (κ2) is 55.2. The predicted molar refractivity (Wildman–Crippen MR) is 330 cm³/mol. The van der Waals surface area contributed by atoms with E-state index in [2.05, 4.69) is 136 Å². The normalized spacial score (nSPS) is 18.8. The molecule has 0 aromatic carbocycles. The van der Waals surface area contributed by atoms with Gasteiger partial charge < -0.3 is 39.0 Å². The van der Waals surface area contributed by atoms with Gasteiger partial charge in [0.25, 0.3) is 0 Å². The Morgan fingerprint density at radius 3 is 1.23 bits per heavy atom. The first-order chi connectivity index (χ1) is 39.6. The number of aliphatic carboxylic acids is 1. The number of rotatable bonds is 50. The number of aliphatic hydroxyl groups excluding tert-OH is 2. The third-order valence-corrected chi connectivity index (χ3v) is 12.9. The van der Waals surface area contributed by atoms with E-state index < -0.39 is 67.3 Å². The molecule has 0 radical (unpaired) electrons. The molecule has 12 heteroatoms. The van der Waals surface area contributed by atoms with Crippen LogP contribution in [0.1, 0.15) is 213 Å². The standard InChI is InChI=1S/C69H106O12/c1-4-7-10-13-16-19-22-25-27-29-31-33-35-38-40-43-46-49-52-55-61(70)77-58-60(79-62(71)56-53-50-47-44-41-37-24-21-18-15-12-9-6-3)59-78-69-67(65(74)64(73)66(81-69)68(75)76)80-63(72)57-54-51-48-45-42-39-36-34-32-30-28-26-23-20-17-14-11-8-5-2/h8-9,11-12,16-21,25-28,32,34,37,39,41-42,47-48,50-51,60,64-67,69,73-74H,4-7,10,13-15,22-24,29-31,33,35-36,38,40,43-46,49,52-59H2,1-3H3,(H,75,76)/b11-8-,12-9-,19-16-,20-17-,21-18-,27-25-,28-26-,34-32-,41-37-,42-39-,50-47-,51-48-. The Bertz CT molecular complexity index is 1960. The molecule has 3 N–H and O–H groups in total. The van der Waals surface area contributed by atoms with Crippen LogP contribution in [0.5, 0.6) is 0 Å². The van der Waals surface area contributed by atoms with Crippen LogP contribution < -0.4 is 0 Å². The lowest BCUT2D eigenvalue weighted by Crippen LogP contribution is -2.61. The highest BCUT2D eigenvalue weighted by atomic mass is 16.7. The van der Waals surface area contributed by atoms with Crippen molar-refractivity contribution in [3.05, 3.63) is 146 Å². The number of allylic oxidation sites excluding steroid dienone is 24. The molecule has 12 nitrogen and oxygen atoms in total. The molecule has 6 unspecified atom stereocenters. The van der Waals surface area contributed by atoms with Gasteiger partial charge in [-0.15, -0.1) is 0 Å². The van der Waals surface area contributed by atoms with Crippen LogP contribution in [-0.2, 0) is 42.9 Å². The maximum absolute atomic E-state index is 13.1. The fourth-order valence-electron chi connectivity index (χ4n) is 8.26. The monoisotopic (exact) mass is 1130 g/mol. The maximum Gasteiger partial charge on any atom is 0.335 e. The smallest absolute Gasteiger partial charge is 0.335 e. The first-order valence-electron chi connectivity index (χ1n) is 30.8. The molecule has 1 aliphatic heterocycles. The number of unbranched alkanes of at least 4 members (excludes halogenated alkanes) is 12. The summed E-state index contributed by atoms with van der Waals surface area (Å²) in [5, 5.41) is 31.5. The van der Waals surface area contributed by atoms with Gasteiger partial charge in [-0.25, -0.2) is 4.79 Å². The fourth-order valence-corrected chi connectivity index (χ4v) is 8.26. The van der Waals surface area contributed by atoms with Gasteiger partial charge in [-0.1, -0.05) is 224 Å². The Kier molecular flexibility index (Phi) is 50.1. The van der Waals surface area contributed by atoms with Crippen LogP contribution in [0, 0.1) is 0 Å². The number of hydrogen-bond acceptors (Lipinski definition) is 11. The quantitative estimate of drug-likeness (QED) is 0.0228. The summed E-state index contributed by atoms with van der Waals surface area (Å²) in [6.45, 7) is 5.63. The summed E-state index contributed by atoms with van der Waals surface area (Å²) in [7, 11) is 0. The Morgan fingerprint density at radius 1 is 0.420 bits per heavy atom. The molecule has 1 aliphatic rings. The number of carbonyl (C=O) groups excluding carboxylic acids is 3. The van der Waals surface area contributed by atoms with Crippen LogP contribution in [-0.4, -0.2) is 89.2 Å². The topological polar surface area (TPSA) is 175 Å². The van der Waals surface area contributed by atoms with Crippen molar-refractivity contribution in [2.75, 3.05) is 13.2 Å². The van der Waals surface area contributed by atoms with E-state index in [4.69, 9.17) is 23.7 Å². The minimum absolute atomic E-state index is 0.0241. The van der Waals surface area contributed by atoms with Crippen LogP contribution in [0.15, 0.2) is 146 Å². The number of hydrogen-bond donors (Lipinski definition) is 3. The van der Waals surface area contributed by atoms with E-state index in [0.717, 1.165) is 89.9 Å². The van der Waals surface area contributed by atoms with Gasteiger partial charge in [-0.3, -0.25) is 14.4 Å². The highest BCUT2D eigenvalue weighted by Crippen LogP contribution is 2.26. The van der Waals surface area contributed by atoms with E-state index in [0.29, 0.717) is 32.1 Å². The second-order valence-corrected chi connectivity index (χ2v) is 20.2. The molecular formula is C69H106O12. The summed E-state index contributed by atoms with van der Waals surface area (Å²) in [6.07, 6.45) is 67.0. The molecule has 1 heterocycles. The summed E-state index contributed by atoms with van der Waals surface area (Å²) in [4.78, 5) is 51.1. The van der Waals surface area contributed by atoms with Crippen molar-refractivity contribution in [2.24, 2.45) is 0 Å². The second-order valence-electron chi connectivity index (χ2n) is 20.2. The summed E-state index contributed by atoms with van der Waals surface area (Å²) in [5.41, 5.74) is 0. The molecule has 0 aliphatic carbocycles. The lowest BCUT2D eigenvalue weighted by molar-refractivity contribution is -0.301. The Labute approximate surface area is 489 Å². The lowest BCUT2D eigenvalue weighted by atomic mass is 9.98. The lowest BCUT2D eigenvalue weighted by Gasteiger charge is -2.40. The molecule has 0 bridgehead atoms. The van der Waals surface area contributed by atoms with Crippen LogP contribution >= 0.6 is 0 Å². The minimum Gasteiger partial charge on any atom is -0.479 e. The maximum atomic E-state index is 13.1. The van der Waals surface area contributed by atoms with Gasteiger partial charge in [0.1, 0.15) is 18.8 Å². The molecule has 0 aromatic heterocycles. The predicted octanol–water partition coefficient (Wildman–Crippen LogP) is 16.3. The van der Waals surface area contributed by atoms with Crippen LogP contribution in [0.25, 0.3) is 0 Å². The van der Waals surface area contributed by atoms with Crippen LogP contribution in [0.2, 0.25) is 0 Å². The molecule has 1 rings (SSSR count). The van der Waals surface area contributed by atoms with Crippen LogP contribution in [0.3, 0.4) is 0 Å². The Hall–Kier alpha value is -5.40. The number of carboxylic acid groups (broad SMARTS) is 1. The van der Waals surface area contributed by atoms with E-state index in [1.165, 1.54) is 51.4 Å². The largest absolute Gasteiger partial charge is 0.479 e. The van der Waals surface area contributed by atoms with Gasteiger partial charge >= 0.3 is 23.9 Å². The highest BCUT2D eigenvalue weighted by molar-refractivity contribution is 5.74. The van der Waals surface area contributed by atoms with E-state index >= 15 is 0 Å². The molecule has 0 spiro atoms. The molecule has 0 amide bonds. The third-order valence-electron chi connectivity index (χ3n) is 12.9. The average Bonchev–Trinajstić information content (AvgIpc) is 3.54. The van der Waals surface area contributed by atoms with Gasteiger partial charge in [0.05, 0.1) is 6.61 Å². The summed E-state index contributed by atoms with van der Waals surface area (Å²) < 4.78 is 28.3. The number of ether oxygens (including phenoxy) is 5. The molecule has 1 fully saturated rings. The van der Waals surface area contributed by atoms with Gasteiger partial charge in [0.15, 0.2) is 24.6 Å². The third kappa shape index (κ3) is 44.9. The van der Waals surface area contributed by atoms with Crippen molar-refractivity contribution < 1.29 is 58.2 Å². The zero-order valence-electron chi connectivity index (χ0n) is 50.0. The molecule has 0 aromatic rings. The van der Waals surface area contributed by atoms with E-state index in [-0.39, 0.29) is 25.9 Å². The number of esters is 3. The van der Waals surface area contributed by atoms with Gasteiger partial charge in [0.2, 0.25) is 0 Å². The summed E-state index contributed by atoms with van der Waals surface area (Å²) in [6, 6.07) is 0. The zero-order valence-corrected chi connectivity index (χ0v) is 50.0. The van der Waals surface area contributed by atoms with Gasteiger partial charge in [0, 0.05) is 19.3 Å².